The van der Waals surface area contributed by atoms with E-state index in [2.05, 4.69) is 30.5 Å². The van der Waals surface area contributed by atoms with Gasteiger partial charge in [-0.15, -0.1) is 0 Å². The zero-order valence-electron chi connectivity index (χ0n) is 13.2. The number of carbonyl (C=O) groups excluding carboxylic acids is 1. The molecule has 1 aliphatic carbocycles. The smallest absolute Gasteiger partial charge is 0.257 e. The molecule has 2 N–H and O–H groups in total. The Balaban J connectivity index is 1.95. The minimum atomic E-state index is -0.122. The first-order chi connectivity index (χ1) is 10.1. The topological polar surface area (TPSA) is 50.4 Å². The molecule has 0 aromatic heterocycles. The van der Waals surface area contributed by atoms with E-state index in [4.69, 9.17) is 4.74 Å². The molecule has 0 aliphatic heterocycles. The molecule has 1 aromatic carbocycles. The first-order valence-corrected chi connectivity index (χ1v) is 7.80. The molecule has 1 fully saturated rings. The summed E-state index contributed by atoms with van der Waals surface area (Å²) < 4.78 is 5.48. The predicted octanol–water partition coefficient (Wildman–Crippen LogP) is 3.05. The van der Waals surface area contributed by atoms with Crippen molar-refractivity contribution in [2.45, 2.75) is 39.2 Å². The lowest BCUT2D eigenvalue weighted by molar-refractivity contribution is -0.122. The fourth-order valence-electron chi connectivity index (χ4n) is 2.90. The minimum Gasteiger partial charge on any atom is -0.484 e. The van der Waals surface area contributed by atoms with Gasteiger partial charge in [0.1, 0.15) is 5.75 Å². The highest BCUT2D eigenvalue weighted by Crippen LogP contribution is 2.32. The molecule has 0 saturated heterocycles. The molecule has 4 nitrogen and oxygen atoms in total. The van der Waals surface area contributed by atoms with Gasteiger partial charge in [-0.25, -0.2) is 0 Å². The molecule has 0 radical (unpaired) electrons. The lowest BCUT2D eigenvalue weighted by Gasteiger charge is -2.35. The number of ether oxygens (including phenoxy) is 1. The number of rotatable bonds is 5. The second-order valence-electron chi connectivity index (χ2n) is 6.01. The van der Waals surface area contributed by atoms with Crippen molar-refractivity contribution in [1.29, 1.82) is 0 Å². The number of likely N-dealkylation sites (N-methyl/N-ethyl adjacent to an activating group) is 1. The van der Waals surface area contributed by atoms with E-state index in [1.165, 1.54) is 19.3 Å². The second-order valence-corrected chi connectivity index (χ2v) is 6.01. The lowest BCUT2D eigenvalue weighted by Crippen LogP contribution is -2.34. The van der Waals surface area contributed by atoms with Crippen molar-refractivity contribution >= 4 is 11.6 Å². The molecule has 4 heteroatoms. The van der Waals surface area contributed by atoms with Crippen LogP contribution in [0.2, 0.25) is 0 Å². The molecule has 1 saturated carbocycles. The van der Waals surface area contributed by atoms with Gasteiger partial charge in [-0.2, -0.15) is 0 Å². The van der Waals surface area contributed by atoms with Crippen LogP contribution in [0.3, 0.4) is 0 Å². The predicted molar refractivity (Wildman–Crippen MR) is 85.6 cm³/mol. The van der Waals surface area contributed by atoms with Crippen LogP contribution >= 0.6 is 0 Å². The summed E-state index contributed by atoms with van der Waals surface area (Å²) in [7, 11) is 1.61. The van der Waals surface area contributed by atoms with Crippen molar-refractivity contribution in [1.82, 2.24) is 5.32 Å². The van der Waals surface area contributed by atoms with E-state index in [-0.39, 0.29) is 12.5 Å². The average Bonchev–Trinajstić information content (AvgIpc) is 2.50. The summed E-state index contributed by atoms with van der Waals surface area (Å²) in [4.78, 5) is 11.2. The largest absolute Gasteiger partial charge is 0.484 e. The van der Waals surface area contributed by atoms with E-state index < -0.39 is 0 Å². The number of amides is 1. The minimum absolute atomic E-state index is 0.0524. The molecular weight excluding hydrogens is 264 g/mol. The van der Waals surface area contributed by atoms with E-state index >= 15 is 0 Å². The van der Waals surface area contributed by atoms with Gasteiger partial charge in [-0.1, -0.05) is 32.8 Å². The standard InChI is InChI=1S/C17H26N2O2/c1-12-6-4-9-16(13(12)2)19-14-7-5-8-15(10-14)21-11-17(20)18-3/h5,7-8,10,12-13,16,19H,4,6,9,11H2,1-3H3,(H,18,20). The van der Waals surface area contributed by atoms with Gasteiger partial charge in [0.05, 0.1) is 0 Å². The highest BCUT2D eigenvalue weighted by atomic mass is 16.5. The highest BCUT2D eigenvalue weighted by Gasteiger charge is 2.26. The molecule has 0 heterocycles. The van der Waals surface area contributed by atoms with Crippen molar-refractivity contribution in [3.05, 3.63) is 24.3 Å². The van der Waals surface area contributed by atoms with Gasteiger partial charge in [0.25, 0.3) is 5.91 Å². The van der Waals surface area contributed by atoms with Crippen LogP contribution in [0.5, 0.6) is 5.75 Å². The molecule has 0 bridgehead atoms. The van der Waals surface area contributed by atoms with Gasteiger partial charge in [0.2, 0.25) is 0 Å². The number of hydrogen-bond donors (Lipinski definition) is 2. The van der Waals surface area contributed by atoms with Crippen LogP contribution in [0.4, 0.5) is 5.69 Å². The Morgan fingerprint density at radius 2 is 2.14 bits per heavy atom. The van der Waals surface area contributed by atoms with Crippen LogP contribution in [0, 0.1) is 11.8 Å². The maximum atomic E-state index is 11.2. The summed E-state index contributed by atoms with van der Waals surface area (Å²) in [6.07, 6.45) is 3.83. The molecule has 1 aliphatic rings. The first kappa shape index (κ1) is 15.7. The summed E-state index contributed by atoms with van der Waals surface area (Å²) >= 11 is 0. The molecular formula is C17H26N2O2. The van der Waals surface area contributed by atoms with E-state index in [9.17, 15) is 4.79 Å². The van der Waals surface area contributed by atoms with Crippen LogP contribution in [0.15, 0.2) is 24.3 Å². The highest BCUT2D eigenvalue weighted by molar-refractivity contribution is 5.77. The SMILES string of the molecule is CNC(=O)COc1cccc(NC2CCCC(C)C2C)c1. The maximum absolute atomic E-state index is 11.2. The Hall–Kier alpha value is -1.71. The number of anilines is 1. The van der Waals surface area contributed by atoms with Crippen LogP contribution in [0.25, 0.3) is 0 Å². The van der Waals surface area contributed by atoms with Crippen molar-refractivity contribution in [2.24, 2.45) is 11.8 Å². The molecule has 0 spiro atoms. The second kappa shape index (κ2) is 7.34. The van der Waals surface area contributed by atoms with Crippen LogP contribution in [-0.2, 0) is 4.79 Å². The number of nitrogens with one attached hydrogen (secondary N) is 2. The summed E-state index contributed by atoms with van der Waals surface area (Å²) in [6, 6.07) is 8.37. The van der Waals surface area contributed by atoms with Gasteiger partial charge in [-0.3, -0.25) is 4.79 Å². The molecule has 2 rings (SSSR count). The average molecular weight is 290 g/mol. The Morgan fingerprint density at radius 3 is 2.90 bits per heavy atom. The van der Waals surface area contributed by atoms with Crippen molar-refractivity contribution < 1.29 is 9.53 Å². The third-order valence-electron chi connectivity index (χ3n) is 4.54. The van der Waals surface area contributed by atoms with Gasteiger partial charge in [-0.05, 0) is 30.4 Å². The van der Waals surface area contributed by atoms with E-state index in [1.54, 1.807) is 7.05 Å². The van der Waals surface area contributed by atoms with E-state index in [0.29, 0.717) is 12.0 Å². The lowest BCUT2D eigenvalue weighted by atomic mass is 9.78. The molecule has 21 heavy (non-hydrogen) atoms. The summed E-state index contributed by atoms with van der Waals surface area (Å²) in [5, 5.41) is 6.17. The molecule has 3 atom stereocenters. The van der Waals surface area contributed by atoms with Crippen molar-refractivity contribution in [3.63, 3.8) is 0 Å². The Kier molecular flexibility index (Phi) is 5.48. The van der Waals surface area contributed by atoms with Crippen LogP contribution in [-0.4, -0.2) is 25.6 Å². The number of benzene rings is 1. The van der Waals surface area contributed by atoms with Gasteiger partial charge in [0, 0.05) is 24.8 Å². The fraction of sp³-hybridized carbons (Fsp3) is 0.588. The monoisotopic (exact) mass is 290 g/mol. The summed E-state index contributed by atoms with van der Waals surface area (Å²) in [6.45, 7) is 4.71. The molecule has 1 amide bonds. The first-order valence-electron chi connectivity index (χ1n) is 7.80. The quantitative estimate of drug-likeness (QED) is 0.876. The zero-order valence-corrected chi connectivity index (χ0v) is 13.2. The third kappa shape index (κ3) is 4.38. The Bertz CT molecular complexity index is 476. The number of hydrogen-bond acceptors (Lipinski definition) is 3. The summed E-state index contributed by atoms with van der Waals surface area (Å²) in [5.74, 6) is 2.04. The molecule has 1 aromatic rings. The van der Waals surface area contributed by atoms with E-state index in [1.807, 2.05) is 18.2 Å². The molecule has 3 unspecified atom stereocenters. The Labute approximate surface area is 127 Å². The van der Waals surface area contributed by atoms with Gasteiger partial charge >= 0.3 is 0 Å². The molecule has 116 valence electrons. The van der Waals surface area contributed by atoms with Crippen molar-refractivity contribution in [2.75, 3.05) is 19.0 Å². The normalized spacial score (nSPS) is 25.2. The fourth-order valence-corrected chi connectivity index (χ4v) is 2.90. The Morgan fingerprint density at radius 1 is 1.33 bits per heavy atom. The van der Waals surface area contributed by atoms with Gasteiger partial charge in [0.15, 0.2) is 6.61 Å². The van der Waals surface area contributed by atoms with Crippen LogP contribution < -0.4 is 15.4 Å². The van der Waals surface area contributed by atoms with E-state index in [0.717, 1.165) is 17.4 Å². The third-order valence-corrected chi connectivity index (χ3v) is 4.54. The maximum Gasteiger partial charge on any atom is 0.257 e. The van der Waals surface area contributed by atoms with Crippen molar-refractivity contribution in [3.8, 4) is 5.75 Å². The van der Waals surface area contributed by atoms with Crippen LogP contribution in [0.1, 0.15) is 33.1 Å². The van der Waals surface area contributed by atoms with Gasteiger partial charge < -0.3 is 15.4 Å². The summed E-state index contributed by atoms with van der Waals surface area (Å²) in [5.41, 5.74) is 1.07. The number of carbonyl (C=O) groups is 1. The zero-order chi connectivity index (χ0) is 15.2.